The van der Waals surface area contributed by atoms with Crippen LogP contribution in [-0.4, -0.2) is 9.78 Å². The van der Waals surface area contributed by atoms with Crippen molar-refractivity contribution >= 4 is 31.9 Å². The Morgan fingerprint density at radius 1 is 1.42 bits per heavy atom. The number of hydrazine groups is 1. The first-order valence-electron chi connectivity index (χ1n) is 5.70. The highest BCUT2D eigenvalue weighted by Crippen LogP contribution is 2.30. The van der Waals surface area contributed by atoms with Crippen molar-refractivity contribution in [2.45, 2.75) is 19.5 Å². The molecule has 1 heterocycles. The summed E-state index contributed by atoms with van der Waals surface area (Å²) in [7, 11) is 0. The summed E-state index contributed by atoms with van der Waals surface area (Å²) < 4.78 is 16.4. The Balaban J connectivity index is 2.49. The highest BCUT2D eigenvalue weighted by atomic mass is 79.9. The SMILES string of the molecule is CCn1ncc(Br)c1C(NN)c1ccc(F)c(Br)c1. The van der Waals surface area contributed by atoms with Gasteiger partial charge in [0.05, 0.1) is 26.9 Å². The third-order valence-electron chi connectivity index (χ3n) is 2.85. The molecule has 0 saturated carbocycles. The molecule has 3 N–H and O–H groups in total. The second kappa shape index (κ2) is 6.13. The zero-order valence-electron chi connectivity index (χ0n) is 10.2. The van der Waals surface area contributed by atoms with Gasteiger partial charge in [0.15, 0.2) is 0 Å². The van der Waals surface area contributed by atoms with Gasteiger partial charge in [0.1, 0.15) is 5.82 Å². The van der Waals surface area contributed by atoms with E-state index < -0.39 is 0 Å². The molecule has 0 spiro atoms. The summed E-state index contributed by atoms with van der Waals surface area (Å²) in [5.41, 5.74) is 4.51. The van der Waals surface area contributed by atoms with Gasteiger partial charge in [-0.25, -0.2) is 9.82 Å². The maximum absolute atomic E-state index is 13.3. The lowest BCUT2D eigenvalue weighted by atomic mass is 10.0. The Morgan fingerprint density at radius 3 is 2.74 bits per heavy atom. The number of hydrogen-bond donors (Lipinski definition) is 2. The molecule has 0 aliphatic heterocycles. The Morgan fingerprint density at radius 2 is 2.16 bits per heavy atom. The van der Waals surface area contributed by atoms with Crippen LogP contribution in [0.2, 0.25) is 0 Å². The van der Waals surface area contributed by atoms with Gasteiger partial charge in [-0.2, -0.15) is 5.10 Å². The van der Waals surface area contributed by atoms with Crippen molar-refractivity contribution in [1.29, 1.82) is 0 Å². The Hall–Kier alpha value is -0.760. The fourth-order valence-electron chi connectivity index (χ4n) is 1.94. The second-order valence-corrected chi connectivity index (χ2v) is 5.68. The maximum atomic E-state index is 13.3. The minimum absolute atomic E-state index is 0.270. The molecule has 1 aromatic heterocycles. The fraction of sp³-hybridized carbons (Fsp3) is 0.250. The van der Waals surface area contributed by atoms with Crippen LogP contribution in [0.4, 0.5) is 4.39 Å². The molecule has 0 radical (unpaired) electrons. The van der Waals surface area contributed by atoms with E-state index in [0.29, 0.717) is 4.47 Å². The highest BCUT2D eigenvalue weighted by molar-refractivity contribution is 9.10. The minimum Gasteiger partial charge on any atom is -0.271 e. The molecule has 2 aromatic rings. The van der Waals surface area contributed by atoms with E-state index in [0.717, 1.165) is 22.3 Å². The van der Waals surface area contributed by atoms with E-state index in [4.69, 9.17) is 5.84 Å². The molecule has 7 heteroatoms. The number of rotatable bonds is 4. The van der Waals surface area contributed by atoms with Crippen LogP contribution < -0.4 is 11.3 Å². The van der Waals surface area contributed by atoms with Crippen molar-refractivity contribution in [2.24, 2.45) is 5.84 Å². The molecule has 0 fully saturated rings. The molecule has 4 nitrogen and oxygen atoms in total. The smallest absolute Gasteiger partial charge is 0.137 e. The van der Waals surface area contributed by atoms with Crippen LogP contribution in [0.5, 0.6) is 0 Å². The van der Waals surface area contributed by atoms with Crippen molar-refractivity contribution in [3.8, 4) is 0 Å². The third kappa shape index (κ3) is 2.89. The van der Waals surface area contributed by atoms with Gasteiger partial charge >= 0.3 is 0 Å². The Kier molecular flexibility index (Phi) is 4.72. The van der Waals surface area contributed by atoms with Gasteiger partial charge < -0.3 is 0 Å². The van der Waals surface area contributed by atoms with Crippen LogP contribution in [0.1, 0.15) is 24.2 Å². The van der Waals surface area contributed by atoms with Crippen LogP contribution in [0.25, 0.3) is 0 Å². The van der Waals surface area contributed by atoms with E-state index in [1.807, 2.05) is 11.6 Å². The average molecular weight is 392 g/mol. The van der Waals surface area contributed by atoms with Crippen LogP contribution in [-0.2, 0) is 6.54 Å². The zero-order chi connectivity index (χ0) is 14.0. The van der Waals surface area contributed by atoms with Crippen LogP contribution in [0.3, 0.4) is 0 Å². The number of hydrogen-bond acceptors (Lipinski definition) is 3. The largest absolute Gasteiger partial charge is 0.271 e. The first-order chi connectivity index (χ1) is 9.08. The van der Waals surface area contributed by atoms with Crippen LogP contribution >= 0.6 is 31.9 Å². The van der Waals surface area contributed by atoms with E-state index in [-0.39, 0.29) is 11.9 Å². The van der Waals surface area contributed by atoms with Gasteiger partial charge in [0.25, 0.3) is 0 Å². The quantitative estimate of drug-likeness (QED) is 0.621. The normalized spacial score (nSPS) is 12.7. The van der Waals surface area contributed by atoms with Gasteiger partial charge in [0.2, 0.25) is 0 Å². The summed E-state index contributed by atoms with van der Waals surface area (Å²) in [6.07, 6.45) is 1.72. The summed E-state index contributed by atoms with van der Waals surface area (Å²) in [6.45, 7) is 2.72. The molecule has 19 heavy (non-hydrogen) atoms. The molecule has 0 saturated heterocycles. The molecule has 0 aliphatic carbocycles. The number of aryl methyl sites for hydroxylation is 1. The predicted molar refractivity (Wildman–Crippen MR) is 78.9 cm³/mol. The number of nitrogens with one attached hydrogen (secondary N) is 1. The number of nitrogens with zero attached hydrogens (tertiary/aromatic N) is 2. The van der Waals surface area contributed by atoms with Crippen molar-refractivity contribution in [1.82, 2.24) is 15.2 Å². The van der Waals surface area contributed by atoms with E-state index in [2.05, 4.69) is 42.4 Å². The first kappa shape index (κ1) is 14.6. The van der Waals surface area contributed by atoms with Gasteiger partial charge in [-0.05, 0) is 56.5 Å². The Bertz CT molecular complexity index is 585. The zero-order valence-corrected chi connectivity index (χ0v) is 13.4. The number of nitrogens with two attached hydrogens (primary N) is 1. The summed E-state index contributed by atoms with van der Waals surface area (Å²) in [5.74, 6) is 5.35. The van der Waals surface area contributed by atoms with Crippen molar-refractivity contribution < 1.29 is 4.39 Å². The average Bonchev–Trinajstić information content (AvgIpc) is 2.76. The lowest BCUT2D eigenvalue weighted by Crippen LogP contribution is -2.31. The van der Waals surface area contributed by atoms with Gasteiger partial charge in [0, 0.05) is 6.54 Å². The van der Waals surface area contributed by atoms with E-state index in [1.54, 1.807) is 18.3 Å². The van der Waals surface area contributed by atoms with Gasteiger partial charge in [-0.15, -0.1) is 0 Å². The first-order valence-corrected chi connectivity index (χ1v) is 7.29. The second-order valence-electron chi connectivity index (χ2n) is 3.97. The number of aromatic nitrogens is 2. The molecule has 0 bridgehead atoms. The summed E-state index contributed by atoms with van der Waals surface area (Å²) >= 11 is 6.65. The van der Waals surface area contributed by atoms with E-state index in [9.17, 15) is 4.39 Å². The van der Waals surface area contributed by atoms with Crippen LogP contribution in [0, 0.1) is 5.82 Å². The van der Waals surface area contributed by atoms with Crippen LogP contribution in [0.15, 0.2) is 33.3 Å². The molecule has 1 aromatic carbocycles. The van der Waals surface area contributed by atoms with Crippen molar-refractivity contribution in [2.75, 3.05) is 0 Å². The van der Waals surface area contributed by atoms with Gasteiger partial charge in [-0.3, -0.25) is 10.5 Å². The Labute approximate surface area is 127 Å². The highest BCUT2D eigenvalue weighted by Gasteiger charge is 2.21. The minimum atomic E-state index is -0.303. The molecule has 1 unspecified atom stereocenters. The molecule has 1 atom stereocenters. The summed E-state index contributed by atoms with van der Waals surface area (Å²) in [4.78, 5) is 0. The molecule has 2 rings (SSSR count). The van der Waals surface area contributed by atoms with Crippen molar-refractivity contribution in [3.63, 3.8) is 0 Å². The fourth-order valence-corrected chi connectivity index (χ4v) is 2.86. The summed E-state index contributed by atoms with van der Waals surface area (Å²) in [6, 6.07) is 4.54. The summed E-state index contributed by atoms with van der Waals surface area (Å²) in [5, 5.41) is 4.26. The molecule has 0 aliphatic rings. The third-order valence-corrected chi connectivity index (χ3v) is 4.07. The number of halogens is 3. The molecule has 102 valence electrons. The molecular formula is C12H13Br2FN4. The lowest BCUT2D eigenvalue weighted by molar-refractivity contribution is 0.540. The van der Waals surface area contributed by atoms with Gasteiger partial charge in [-0.1, -0.05) is 6.07 Å². The monoisotopic (exact) mass is 390 g/mol. The standard InChI is InChI=1S/C12H13Br2FN4/c1-2-19-12(9(14)6-17-19)11(18-16)7-3-4-10(15)8(13)5-7/h3-6,11,18H,2,16H2,1H3. The topological polar surface area (TPSA) is 55.9 Å². The number of benzene rings is 1. The lowest BCUT2D eigenvalue weighted by Gasteiger charge is -2.19. The molecular weight excluding hydrogens is 379 g/mol. The maximum Gasteiger partial charge on any atom is 0.137 e. The van der Waals surface area contributed by atoms with Crippen molar-refractivity contribution in [3.05, 3.63) is 50.4 Å². The molecule has 0 amide bonds. The van der Waals surface area contributed by atoms with E-state index >= 15 is 0 Å². The van der Waals surface area contributed by atoms with E-state index in [1.165, 1.54) is 6.07 Å². The predicted octanol–water partition coefficient (Wildman–Crippen LogP) is 3.12.